The average molecular weight is 304 g/mol. The van der Waals surface area contributed by atoms with Crippen molar-refractivity contribution in [1.29, 1.82) is 0 Å². The van der Waals surface area contributed by atoms with Gasteiger partial charge in [0.15, 0.2) is 0 Å². The molecule has 1 saturated carbocycles. The van der Waals surface area contributed by atoms with E-state index in [1.807, 2.05) is 18.2 Å². The van der Waals surface area contributed by atoms with Crippen molar-refractivity contribution in [3.63, 3.8) is 0 Å². The van der Waals surface area contributed by atoms with Gasteiger partial charge in [-0.15, -0.1) is 0 Å². The Balaban J connectivity index is 1.84. The molecule has 5 heteroatoms. The largest absolute Gasteiger partial charge is 0.497 e. The third-order valence-corrected chi connectivity index (χ3v) is 4.60. The zero-order valence-electron chi connectivity index (χ0n) is 13.2. The maximum Gasteiger partial charge on any atom is 0.248 e. The molecule has 1 aliphatic heterocycles. The van der Waals surface area contributed by atoms with E-state index in [9.17, 15) is 9.90 Å². The van der Waals surface area contributed by atoms with Gasteiger partial charge >= 0.3 is 0 Å². The first-order valence-corrected chi connectivity index (χ1v) is 7.98. The van der Waals surface area contributed by atoms with Gasteiger partial charge in [0.05, 0.1) is 13.2 Å². The Hall–Kier alpha value is -1.59. The number of benzene rings is 1. The van der Waals surface area contributed by atoms with Crippen molar-refractivity contribution in [2.75, 3.05) is 13.7 Å². The fourth-order valence-corrected chi connectivity index (χ4v) is 3.34. The maximum absolute atomic E-state index is 11.9. The zero-order chi connectivity index (χ0) is 15.7. The van der Waals surface area contributed by atoms with Gasteiger partial charge in [-0.3, -0.25) is 9.69 Å². The maximum atomic E-state index is 11.9. The Morgan fingerprint density at radius 1 is 1.41 bits per heavy atom. The van der Waals surface area contributed by atoms with Crippen LogP contribution in [0.2, 0.25) is 0 Å². The van der Waals surface area contributed by atoms with Crippen LogP contribution < -0.4 is 10.1 Å². The van der Waals surface area contributed by atoms with E-state index in [-0.39, 0.29) is 18.0 Å². The van der Waals surface area contributed by atoms with Crippen LogP contribution in [0.4, 0.5) is 0 Å². The van der Waals surface area contributed by atoms with Crippen molar-refractivity contribution in [2.45, 2.75) is 50.4 Å². The summed E-state index contributed by atoms with van der Waals surface area (Å²) in [5.41, 5.74) is 1.17. The Labute approximate surface area is 131 Å². The molecule has 3 rings (SSSR count). The summed E-state index contributed by atoms with van der Waals surface area (Å²) >= 11 is 0. The van der Waals surface area contributed by atoms with Crippen LogP contribution in [0, 0.1) is 0 Å². The molecular weight excluding hydrogens is 280 g/mol. The van der Waals surface area contributed by atoms with Gasteiger partial charge in [0.25, 0.3) is 0 Å². The summed E-state index contributed by atoms with van der Waals surface area (Å²) in [5.74, 6) is 0.538. The first-order chi connectivity index (χ1) is 10.6. The second kappa shape index (κ2) is 6.26. The van der Waals surface area contributed by atoms with Crippen molar-refractivity contribution in [3.05, 3.63) is 29.8 Å². The van der Waals surface area contributed by atoms with Gasteiger partial charge in [-0.1, -0.05) is 12.1 Å². The van der Waals surface area contributed by atoms with Crippen LogP contribution in [-0.2, 0) is 4.79 Å². The molecule has 1 aliphatic carbocycles. The lowest BCUT2D eigenvalue weighted by Gasteiger charge is -2.29. The number of carbonyl (C=O) groups is 1. The number of hydrogen-bond donors (Lipinski definition) is 2. The molecule has 0 bridgehead atoms. The summed E-state index contributed by atoms with van der Waals surface area (Å²) in [6.07, 6.45) is 2.41. The summed E-state index contributed by atoms with van der Waals surface area (Å²) in [6, 6.07) is 8.89. The number of ether oxygens (including phenoxy) is 1. The number of aliphatic hydroxyl groups is 1. The van der Waals surface area contributed by atoms with Gasteiger partial charge in [0.1, 0.15) is 11.9 Å². The number of likely N-dealkylation sites (tertiary alicyclic amines) is 1. The van der Waals surface area contributed by atoms with Crippen LogP contribution in [0.25, 0.3) is 0 Å². The molecule has 3 atom stereocenters. The fourth-order valence-electron chi connectivity index (χ4n) is 3.34. The molecule has 1 amide bonds. The SMILES string of the molecule is COc1cccc([C@@H]2[C@@H](NC(=O)[C@H](C)O)CCN2C2CC2)c1. The molecule has 0 aromatic heterocycles. The van der Waals surface area contributed by atoms with E-state index in [2.05, 4.69) is 16.3 Å². The molecule has 0 radical (unpaired) electrons. The fraction of sp³-hybridized carbons (Fsp3) is 0.588. The van der Waals surface area contributed by atoms with E-state index in [0.29, 0.717) is 6.04 Å². The predicted octanol–water partition coefficient (Wildman–Crippen LogP) is 1.47. The summed E-state index contributed by atoms with van der Waals surface area (Å²) in [5, 5.41) is 12.5. The highest BCUT2D eigenvalue weighted by Crippen LogP contribution is 2.41. The van der Waals surface area contributed by atoms with Crippen LogP contribution in [-0.4, -0.2) is 47.8 Å². The minimum Gasteiger partial charge on any atom is -0.497 e. The van der Waals surface area contributed by atoms with Gasteiger partial charge < -0.3 is 15.2 Å². The number of nitrogens with one attached hydrogen (secondary N) is 1. The first kappa shape index (κ1) is 15.3. The third kappa shape index (κ3) is 3.10. The molecule has 2 aliphatic rings. The number of amides is 1. The van der Waals surface area contributed by atoms with Crippen molar-refractivity contribution < 1.29 is 14.6 Å². The second-order valence-electron chi connectivity index (χ2n) is 6.27. The van der Waals surface area contributed by atoms with Crippen molar-refractivity contribution >= 4 is 5.91 Å². The second-order valence-corrected chi connectivity index (χ2v) is 6.27. The minimum absolute atomic E-state index is 0.0369. The predicted molar refractivity (Wildman–Crippen MR) is 83.7 cm³/mol. The average Bonchev–Trinajstić information content (AvgIpc) is 3.28. The Bertz CT molecular complexity index is 542. The highest BCUT2D eigenvalue weighted by molar-refractivity contribution is 5.80. The van der Waals surface area contributed by atoms with E-state index >= 15 is 0 Å². The zero-order valence-corrected chi connectivity index (χ0v) is 13.2. The van der Waals surface area contributed by atoms with E-state index in [1.165, 1.54) is 25.3 Å². The lowest BCUT2D eigenvalue weighted by atomic mass is 9.99. The number of hydrogen-bond acceptors (Lipinski definition) is 4. The van der Waals surface area contributed by atoms with Crippen molar-refractivity contribution in [2.24, 2.45) is 0 Å². The van der Waals surface area contributed by atoms with Crippen LogP contribution in [0.3, 0.4) is 0 Å². The van der Waals surface area contributed by atoms with Crippen molar-refractivity contribution in [3.8, 4) is 5.75 Å². The Morgan fingerprint density at radius 2 is 2.18 bits per heavy atom. The normalized spacial score (nSPS) is 26.7. The summed E-state index contributed by atoms with van der Waals surface area (Å²) in [6.45, 7) is 2.49. The molecule has 120 valence electrons. The number of nitrogens with zero attached hydrogens (tertiary/aromatic N) is 1. The first-order valence-electron chi connectivity index (χ1n) is 7.98. The van der Waals surface area contributed by atoms with E-state index in [4.69, 9.17) is 4.74 Å². The quantitative estimate of drug-likeness (QED) is 0.865. The van der Waals surface area contributed by atoms with Gasteiger partial charge in [0.2, 0.25) is 5.91 Å². The summed E-state index contributed by atoms with van der Waals surface area (Å²) < 4.78 is 5.33. The monoisotopic (exact) mass is 304 g/mol. The molecule has 2 fully saturated rings. The lowest BCUT2D eigenvalue weighted by Crippen LogP contribution is -2.43. The van der Waals surface area contributed by atoms with Gasteiger partial charge in [-0.2, -0.15) is 0 Å². The van der Waals surface area contributed by atoms with Gasteiger partial charge in [-0.25, -0.2) is 0 Å². The van der Waals surface area contributed by atoms with E-state index in [1.54, 1.807) is 7.11 Å². The molecule has 1 heterocycles. The molecule has 0 spiro atoms. The van der Waals surface area contributed by atoms with Crippen LogP contribution in [0.5, 0.6) is 5.75 Å². The molecule has 1 aromatic carbocycles. The van der Waals surface area contributed by atoms with E-state index < -0.39 is 6.10 Å². The van der Waals surface area contributed by atoms with E-state index in [0.717, 1.165) is 18.7 Å². The van der Waals surface area contributed by atoms with Crippen LogP contribution in [0.1, 0.15) is 37.8 Å². The smallest absolute Gasteiger partial charge is 0.248 e. The Morgan fingerprint density at radius 3 is 2.82 bits per heavy atom. The highest BCUT2D eigenvalue weighted by atomic mass is 16.5. The molecule has 0 unspecified atom stereocenters. The highest BCUT2D eigenvalue weighted by Gasteiger charge is 2.43. The molecule has 1 aromatic rings. The summed E-state index contributed by atoms with van der Waals surface area (Å²) in [4.78, 5) is 14.4. The number of carbonyl (C=O) groups excluding carboxylic acids is 1. The lowest BCUT2D eigenvalue weighted by molar-refractivity contribution is -0.129. The third-order valence-electron chi connectivity index (χ3n) is 4.60. The Kier molecular flexibility index (Phi) is 4.36. The molecule has 22 heavy (non-hydrogen) atoms. The van der Waals surface area contributed by atoms with Crippen molar-refractivity contribution in [1.82, 2.24) is 10.2 Å². The van der Waals surface area contributed by atoms with Crippen LogP contribution in [0.15, 0.2) is 24.3 Å². The number of rotatable bonds is 5. The standard InChI is InChI=1S/C17H24N2O3/c1-11(20)17(21)18-15-8-9-19(13-6-7-13)16(15)12-4-3-5-14(10-12)22-2/h3-5,10-11,13,15-16,20H,6-9H2,1-2H3,(H,18,21)/t11-,15-,16+/m0/s1. The topological polar surface area (TPSA) is 61.8 Å². The molecule has 5 nitrogen and oxygen atoms in total. The minimum atomic E-state index is -0.971. The molecular formula is C17H24N2O3. The molecule has 1 saturated heterocycles. The molecule has 2 N–H and O–H groups in total. The van der Waals surface area contributed by atoms with Gasteiger partial charge in [-0.05, 0) is 43.9 Å². The number of aliphatic hydroxyl groups excluding tert-OH is 1. The number of methoxy groups -OCH3 is 1. The summed E-state index contributed by atoms with van der Waals surface area (Å²) in [7, 11) is 1.67. The van der Waals surface area contributed by atoms with Gasteiger partial charge in [0, 0.05) is 18.6 Å². The van der Waals surface area contributed by atoms with Crippen LogP contribution >= 0.6 is 0 Å².